The molecular weight excluding hydrogens is 176 g/mol. The average Bonchev–Trinajstić information content (AvgIpc) is 1.95. The third-order valence-corrected chi connectivity index (χ3v) is 2.23. The summed E-state index contributed by atoms with van der Waals surface area (Å²) in [7, 11) is -1.30. The number of rotatable bonds is 2. The van der Waals surface area contributed by atoms with E-state index in [0.29, 0.717) is 0 Å². The van der Waals surface area contributed by atoms with Gasteiger partial charge in [0.2, 0.25) is 0 Å². The Balaban J connectivity index is 4.62. The summed E-state index contributed by atoms with van der Waals surface area (Å²) in [4.78, 5) is 10.8. The fraction of sp³-hybridized carbons (Fsp3) is 0.545. The van der Waals surface area contributed by atoms with Crippen LogP contribution in [0.1, 0.15) is 20.3 Å². The van der Waals surface area contributed by atoms with E-state index in [1.807, 2.05) is 6.92 Å². The van der Waals surface area contributed by atoms with Crippen LogP contribution in [-0.4, -0.2) is 13.9 Å². The van der Waals surface area contributed by atoms with Crippen LogP contribution in [-0.2, 0) is 4.79 Å². The summed E-state index contributed by atoms with van der Waals surface area (Å²) < 4.78 is 0. The molecule has 0 spiro atoms. The highest BCUT2D eigenvalue weighted by Crippen LogP contribution is 2.02. The van der Waals surface area contributed by atoms with Gasteiger partial charge in [0.05, 0.1) is 0 Å². The molecule has 0 amide bonds. The average molecular weight is 194 g/mol. The predicted molar refractivity (Wildman–Crippen MR) is 60.2 cm³/mol. The SMILES string of the molecule is CC/C(C#C[Si](C)(C)C)=C\C(C)=O. The van der Waals surface area contributed by atoms with Gasteiger partial charge in [-0.3, -0.25) is 4.79 Å². The molecule has 0 heterocycles. The second-order valence-electron chi connectivity index (χ2n) is 4.13. The molecule has 0 aromatic rings. The minimum absolute atomic E-state index is 0.0849. The summed E-state index contributed by atoms with van der Waals surface area (Å²) in [5.41, 5.74) is 4.20. The van der Waals surface area contributed by atoms with E-state index in [1.54, 1.807) is 13.0 Å². The van der Waals surface area contributed by atoms with Crippen LogP contribution >= 0.6 is 0 Å². The summed E-state index contributed by atoms with van der Waals surface area (Å²) in [5.74, 6) is 3.18. The fourth-order valence-corrected chi connectivity index (χ4v) is 1.28. The Bertz CT molecular complexity index is 271. The molecule has 0 saturated carbocycles. The van der Waals surface area contributed by atoms with Gasteiger partial charge in [-0.05, 0) is 19.4 Å². The van der Waals surface area contributed by atoms with Crippen LogP contribution in [0.5, 0.6) is 0 Å². The van der Waals surface area contributed by atoms with Crippen molar-refractivity contribution in [2.24, 2.45) is 0 Å². The summed E-state index contributed by atoms with van der Waals surface area (Å²) in [6, 6.07) is 0. The van der Waals surface area contributed by atoms with Crippen molar-refractivity contribution in [2.75, 3.05) is 0 Å². The Morgan fingerprint density at radius 3 is 2.23 bits per heavy atom. The summed E-state index contributed by atoms with van der Waals surface area (Å²) in [5, 5.41) is 0. The number of hydrogen-bond acceptors (Lipinski definition) is 1. The minimum atomic E-state index is -1.30. The lowest BCUT2D eigenvalue weighted by atomic mass is 10.2. The number of hydrogen-bond donors (Lipinski definition) is 0. The first-order chi connectivity index (χ1) is 5.85. The second-order valence-corrected chi connectivity index (χ2v) is 8.88. The Hall–Kier alpha value is -0.813. The smallest absolute Gasteiger partial charge is 0.153 e. The van der Waals surface area contributed by atoms with Gasteiger partial charge in [-0.2, -0.15) is 0 Å². The van der Waals surface area contributed by atoms with Crippen LogP contribution in [0.2, 0.25) is 19.6 Å². The number of ketones is 1. The molecule has 0 rings (SSSR count). The molecule has 0 fully saturated rings. The van der Waals surface area contributed by atoms with E-state index >= 15 is 0 Å². The first-order valence-corrected chi connectivity index (χ1v) is 8.09. The molecule has 0 aromatic carbocycles. The van der Waals surface area contributed by atoms with E-state index in [4.69, 9.17) is 0 Å². The third kappa shape index (κ3) is 7.54. The Kier molecular flexibility index (Phi) is 4.72. The molecular formula is C11H18OSi. The molecule has 0 unspecified atom stereocenters. The quantitative estimate of drug-likeness (QED) is 0.375. The van der Waals surface area contributed by atoms with E-state index < -0.39 is 8.07 Å². The molecule has 0 N–H and O–H groups in total. The standard InChI is InChI=1S/C11H18OSi/c1-6-11(9-10(2)12)7-8-13(3,4)5/h9H,6H2,1-5H3/b11-9+. The Morgan fingerprint density at radius 1 is 1.38 bits per heavy atom. The highest BCUT2D eigenvalue weighted by atomic mass is 28.3. The van der Waals surface area contributed by atoms with Gasteiger partial charge in [0.25, 0.3) is 0 Å². The largest absolute Gasteiger partial charge is 0.295 e. The van der Waals surface area contributed by atoms with Crippen molar-refractivity contribution in [1.29, 1.82) is 0 Å². The van der Waals surface area contributed by atoms with Crippen LogP contribution in [0, 0.1) is 11.5 Å². The molecule has 0 aliphatic rings. The van der Waals surface area contributed by atoms with Gasteiger partial charge in [-0.1, -0.05) is 32.5 Å². The van der Waals surface area contributed by atoms with Crippen molar-refractivity contribution < 1.29 is 4.79 Å². The maximum absolute atomic E-state index is 10.8. The van der Waals surface area contributed by atoms with E-state index in [1.165, 1.54) is 0 Å². The first-order valence-electron chi connectivity index (χ1n) is 4.59. The van der Waals surface area contributed by atoms with Crippen LogP contribution in [0.25, 0.3) is 0 Å². The zero-order valence-corrected chi connectivity index (χ0v) is 10.2. The molecule has 0 aliphatic carbocycles. The van der Waals surface area contributed by atoms with Crippen LogP contribution in [0.3, 0.4) is 0 Å². The molecule has 13 heavy (non-hydrogen) atoms. The lowest BCUT2D eigenvalue weighted by molar-refractivity contribution is -0.112. The van der Waals surface area contributed by atoms with E-state index in [9.17, 15) is 4.79 Å². The molecule has 2 heteroatoms. The molecule has 0 atom stereocenters. The normalized spacial score (nSPS) is 11.9. The Morgan fingerprint density at radius 2 is 1.92 bits per heavy atom. The number of carbonyl (C=O) groups is 1. The Labute approximate surface area is 82.2 Å². The lowest BCUT2D eigenvalue weighted by Crippen LogP contribution is -2.16. The molecule has 72 valence electrons. The third-order valence-electron chi connectivity index (χ3n) is 1.36. The van der Waals surface area contributed by atoms with Gasteiger partial charge in [-0.15, -0.1) is 5.54 Å². The van der Waals surface area contributed by atoms with Gasteiger partial charge >= 0.3 is 0 Å². The summed E-state index contributed by atoms with van der Waals surface area (Å²) >= 11 is 0. The van der Waals surface area contributed by atoms with E-state index in [-0.39, 0.29) is 5.78 Å². The first kappa shape index (κ1) is 12.2. The van der Waals surface area contributed by atoms with Crippen molar-refractivity contribution in [3.05, 3.63) is 11.6 Å². The number of carbonyl (C=O) groups excluding carboxylic acids is 1. The van der Waals surface area contributed by atoms with Gasteiger partial charge in [0, 0.05) is 5.57 Å². The fourth-order valence-electron chi connectivity index (χ4n) is 0.740. The molecule has 0 aromatic heterocycles. The van der Waals surface area contributed by atoms with Gasteiger partial charge in [-0.25, -0.2) is 0 Å². The van der Waals surface area contributed by atoms with Crippen LogP contribution in [0.15, 0.2) is 11.6 Å². The zero-order chi connectivity index (χ0) is 10.5. The topological polar surface area (TPSA) is 17.1 Å². The van der Waals surface area contributed by atoms with E-state index in [2.05, 4.69) is 31.1 Å². The highest BCUT2D eigenvalue weighted by molar-refractivity contribution is 6.83. The molecule has 0 saturated heterocycles. The predicted octanol–water partition coefficient (Wildman–Crippen LogP) is 2.79. The van der Waals surface area contributed by atoms with Crippen LogP contribution in [0.4, 0.5) is 0 Å². The van der Waals surface area contributed by atoms with E-state index in [0.717, 1.165) is 12.0 Å². The lowest BCUT2D eigenvalue weighted by Gasteiger charge is -2.03. The zero-order valence-electron chi connectivity index (χ0n) is 9.19. The molecule has 0 radical (unpaired) electrons. The van der Waals surface area contributed by atoms with Gasteiger partial charge in [0.1, 0.15) is 8.07 Å². The van der Waals surface area contributed by atoms with Gasteiger partial charge < -0.3 is 0 Å². The monoisotopic (exact) mass is 194 g/mol. The second kappa shape index (κ2) is 5.03. The van der Waals surface area contributed by atoms with Gasteiger partial charge in [0.15, 0.2) is 5.78 Å². The van der Waals surface area contributed by atoms with Crippen LogP contribution < -0.4 is 0 Å². The highest BCUT2D eigenvalue weighted by Gasteiger charge is 2.07. The van der Waals surface area contributed by atoms with Crippen molar-refractivity contribution in [2.45, 2.75) is 39.9 Å². The summed E-state index contributed by atoms with van der Waals surface area (Å²) in [6.45, 7) is 10.2. The maximum Gasteiger partial charge on any atom is 0.153 e. The van der Waals surface area contributed by atoms with Crippen molar-refractivity contribution >= 4 is 13.9 Å². The molecule has 0 aliphatic heterocycles. The summed E-state index contributed by atoms with van der Waals surface area (Å²) in [6.07, 6.45) is 2.48. The number of allylic oxidation sites excluding steroid dienone is 2. The maximum atomic E-state index is 10.8. The van der Waals surface area contributed by atoms with Crippen molar-refractivity contribution in [3.8, 4) is 11.5 Å². The van der Waals surface area contributed by atoms with Crippen molar-refractivity contribution in [3.63, 3.8) is 0 Å². The molecule has 0 bridgehead atoms. The van der Waals surface area contributed by atoms with Crippen molar-refractivity contribution in [1.82, 2.24) is 0 Å². The minimum Gasteiger partial charge on any atom is -0.295 e. The molecule has 1 nitrogen and oxygen atoms in total.